The van der Waals surface area contributed by atoms with Crippen LogP contribution in [-0.2, 0) is 10.0 Å². The first-order valence-electron chi connectivity index (χ1n) is 5.76. The van der Waals surface area contributed by atoms with Crippen molar-refractivity contribution in [1.29, 1.82) is 5.26 Å². The Morgan fingerprint density at radius 2 is 2.26 bits per heavy atom. The van der Waals surface area contributed by atoms with Crippen LogP contribution in [0.1, 0.15) is 12.5 Å². The van der Waals surface area contributed by atoms with Gasteiger partial charge in [-0.25, -0.2) is 8.42 Å². The van der Waals surface area contributed by atoms with E-state index in [9.17, 15) is 8.42 Å². The molecule has 0 N–H and O–H groups in total. The zero-order valence-corrected chi connectivity index (χ0v) is 12.7. The van der Waals surface area contributed by atoms with Crippen molar-refractivity contribution in [2.45, 2.75) is 17.9 Å². The first-order chi connectivity index (χ1) is 8.96. The molecule has 7 heteroatoms. The maximum Gasteiger partial charge on any atom is 0.244 e. The second-order valence-corrected chi connectivity index (χ2v) is 7.71. The summed E-state index contributed by atoms with van der Waals surface area (Å²) in [6.07, 6.45) is 0. The molecule has 0 radical (unpaired) electrons. The number of nitriles is 1. The third kappa shape index (κ3) is 2.90. The third-order valence-electron chi connectivity index (χ3n) is 2.95. The number of benzene rings is 1. The number of rotatable bonds is 2. The number of nitrogens with zero attached hydrogens (tertiary/aromatic N) is 2. The summed E-state index contributed by atoms with van der Waals surface area (Å²) in [6.45, 7) is 2.35. The Hall–Kier alpha value is -0.740. The normalized spacial score (nSPS) is 21.0. The molecule has 102 valence electrons. The number of halogens is 1. The van der Waals surface area contributed by atoms with Crippen LogP contribution in [0, 0.1) is 11.3 Å². The van der Waals surface area contributed by atoms with Crippen LogP contribution in [0.15, 0.2) is 23.1 Å². The summed E-state index contributed by atoms with van der Waals surface area (Å²) in [4.78, 5) is 0.0203. The van der Waals surface area contributed by atoms with E-state index in [0.29, 0.717) is 12.1 Å². The minimum absolute atomic E-state index is 0.0203. The molecule has 2 rings (SSSR count). The molecule has 1 aromatic carbocycles. The summed E-state index contributed by atoms with van der Waals surface area (Å²) < 4.78 is 26.7. The molecule has 0 spiro atoms. The molecule has 0 bridgehead atoms. The second-order valence-electron chi connectivity index (χ2n) is 4.30. The molecule has 4 nitrogen and oxygen atoms in total. The molecular formula is C12H13ClN2O2S2. The van der Waals surface area contributed by atoms with Gasteiger partial charge in [-0.3, -0.25) is 0 Å². The lowest BCUT2D eigenvalue weighted by atomic mass is 10.2. The Bertz CT molecular complexity index is 625. The molecule has 1 aliphatic rings. The number of hydrogen-bond donors (Lipinski definition) is 0. The summed E-state index contributed by atoms with van der Waals surface area (Å²) in [5.74, 6) is 1.55. The standard InChI is InChI=1S/C12H13ClN2O2S2/c1-9-8-18-5-4-15(9)19(16,17)12-6-10(7-14)2-3-11(12)13/h2-3,6,9H,4-5,8H2,1H3. The van der Waals surface area contributed by atoms with Gasteiger partial charge in [-0.05, 0) is 25.1 Å². The van der Waals surface area contributed by atoms with Gasteiger partial charge < -0.3 is 0 Å². The van der Waals surface area contributed by atoms with E-state index in [4.69, 9.17) is 16.9 Å². The highest BCUT2D eigenvalue weighted by Gasteiger charge is 2.32. The van der Waals surface area contributed by atoms with E-state index in [1.165, 1.54) is 22.5 Å². The molecule has 1 atom stereocenters. The van der Waals surface area contributed by atoms with Gasteiger partial charge in [0.25, 0.3) is 0 Å². The average molecular weight is 317 g/mol. The zero-order valence-electron chi connectivity index (χ0n) is 10.3. The van der Waals surface area contributed by atoms with Gasteiger partial charge in [-0.2, -0.15) is 21.3 Å². The summed E-state index contributed by atoms with van der Waals surface area (Å²) in [5, 5.41) is 9.03. The molecule has 1 unspecified atom stereocenters. The van der Waals surface area contributed by atoms with Crippen molar-refractivity contribution in [2.24, 2.45) is 0 Å². The van der Waals surface area contributed by atoms with Gasteiger partial charge in [0, 0.05) is 24.1 Å². The van der Waals surface area contributed by atoms with Crippen molar-refractivity contribution in [3.8, 4) is 6.07 Å². The van der Waals surface area contributed by atoms with Crippen LogP contribution in [0.3, 0.4) is 0 Å². The highest BCUT2D eigenvalue weighted by molar-refractivity contribution is 7.99. The van der Waals surface area contributed by atoms with Crippen molar-refractivity contribution >= 4 is 33.4 Å². The van der Waals surface area contributed by atoms with E-state index >= 15 is 0 Å². The van der Waals surface area contributed by atoms with Crippen molar-refractivity contribution in [2.75, 3.05) is 18.1 Å². The van der Waals surface area contributed by atoms with Gasteiger partial charge in [0.15, 0.2) is 0 Å². The third-order valence-corrected chi connectivity index (χ3v) is 6.64. The monoisotopic (exact) mass is 316 g/mol. The summed E-state index contributed by atoms with van der Waals surface area (Å²) in [5.41, 5.74) is 0.294. The van der Waals surface area contributed by atoms with E-state index < -0.39 is 10.0 Å². The molecule has 1 aliphatic heterocycles. The largest absolute Gasteiger partial charge is 0.244 e. The van der Waals surface area contributed by atoms with Gasteiger partial charge in [-0.1, -0.05) is 11.6 Å². The number of sulfonamides is 1. The Morgan fingerprint density at radius 3 is 2.89 bits per heavy atom. The summed E-state index contributed by atoms with van der Waals surface area (Å²) >= 11 is 7.72. The van der Waals surface area contributed by atoms with Gasteiger partial charge in [0.05, 0.1) is 16.7 Å². The quantitative estimate of drug-likeness (QED) is 0.840. The minimum Gasteiger partial charge on any atom is -0.207 e. The first-order valence-corrected chi connectivity index (χ1v) is 8.73. The van der Waals surface area contributed by atoms with Gasteiger partial charge in [-0.15, -0.1) is 0 Å². The van der Waals surface area contributed by atoms with Crippen LogP contribution in [0.25, 0.3) is 0 Å². The second kappa shape index (κ2) is 5.71. The molecular weight excluding hydrogens is 304 g/mol. The zero-order chi connectivity index (χ0) is 14.0. The Morgan fingerprint density at radius 1 is 1.53 bits per heavy atom. The van der Waals surface area contributed by atoms with Crippen LogP contribution in [0.4, 0.5) is 0 Å². The molecule has 0 aromatic heterocycles. The molecule has 0 saturated carbocycles. The average Bonchev–Trinajstić information content (AvgIpc) is 2.39. The van der Waals surface area contributed by atoms with Crippen LogP contribution >= 0.6 is 23.4 Å². The van der Waals surface area contributed by atoms with Crippen molar-refractivity contribution in [1.82, 2.24) is 4.31 Å². The van der Waals surface area contributed by atoms with Crippen molar-refractivity contribution in [3.63, 3.8) is 0 Å². The van der Waals surface area contributed by atoms with Crippen molar-refractivity contribution < 1.29 is 8.42 Å². The lowest BCUT2D eigenvalue weighted by Crippen LogP contribution is -2.44. The Balaban J connectivity index is 2.47. The van der Waals surface area contributed by atoms with E-state index in [-0.39, 0.29) is 16.0 Å². The maximum atomic E-state index is 12.6. The smallest absolute Gasteiger partial charge is 0.207 e. The van der Waals surface area contributed by atoms with Gasteiger partial charge >= 0.3 is 0 Å². The highest BCUT2D eigenvalue weighted by atomic mass is 35.5. The fourth-order valence-electron chi connectivity index (χ4n) is 1.97. The van der Waals surface area contributed by atoms with E-state index in [1.54, 1.807) is 11.8 Å². The molecule has 0 amide bonds. The Kier molecular flexibility index (Phi) is 4.41. The lowest BCUT2D eigenvalue weighted by Gasteiger charge is -2.32. The molecule has 1 saturated heterocycles. The molecule has 1 heterocycles. The minimum atomic E-state index is -3.64. The Labute approximate surface area is 122 Å². The van der Waals surface area contributed by atoms with E-state index in [1.807, 2.05) is 13.0 Å². The topological polar surface area (TPSA) is 61.2 Å². The predicted octanol–water partition coefficient (Wildman–Crippen LogP) is 2.34. The van der Waals surface area contributed by atoms with Crippen LogP contribution in [0.2, 0.25) is 5.02 Å². The molecule has 0 aliphatic carbocycles. The van der Waals surface area contributed by atoms with Crippen LogP contribution in [-0.4, -0.2) is 36.8 Å². The van der Waals surface area contributed by atoms with E-state index in [0.717, 1.165) is 11.5 Å². The van der Waals surface area contributed by atoms with Gasteiger partial charge in [0.2, 0.25) is 10.0 Å². The van der Waals surface area contributed by atoms with Gasteiger partial charge in [0.1, 0.15) is 4.90 Å². The SMILES string of the molecule is CC1CSCCN1S(=O)(=O)c1cc(C#N)ccc1Cl. The fourth-order valence-corrected chi connectivity index (χ4v) is 5.32. The first kappa shape index (κ1) is 14.7. The fraction of sp³-hybridized carbons (Fsp3) is 0.417. The predicted molar refractivity (Wildman–Crippen MR) is 76.8 cm³/mol. The highest BCUT2D eigenvalue weighted by Crippen LogP contribution is 2.29. The summed E-state index contributed by atoms with van der Waals surface area (Å²) in [7, 11) is -3.64. The lowest BCUT2D eigenvalue weighted by molar-refractivity contribution is 0.367. The van der Waals surface area contributed by atoms with Crippen molar-refractivity contribution in [3.05, 3.63) is 28.8 Å². The maximum absolute atomic E-state index is 12.6. The molecule has 1 aromatic rings. The number of thioether (sulfide) groups is 1. The molecule has 19 heavy (non-hydrogen) atoms. The summed E-state index contributed by atoms with van der Waals surface area (Å²) in [6, 6.07) is 6.18. The molecule has 1 fully saturated rings. The number of hydrogen-bond acceptors (Lipinski definition) is 4. The van der Waals surface area contributed by atoms with Crippen LogP contribution in [0.5, 0.6) is 0 Å². The van der Waals surface area contributed by atoms with Crippen LogP contribution < -0.4 is 0 Å². The van der Waals surface area contributed by atoms with E-state index in [2.05, 4.69) is 0 Å².